The minimum absolute atomic E-state index is 0.250. The summed E-state index contributed by atoms with van der Waals surface area (Å²) in [6.45, 7) is 6.61. The number of carbonyl (C=O) groups is 1. The van der Waals surface area contributed by atoms with E-state index >= 15 is 0 Å². The lowest BCUT2D eigenvalue weighted by Crippen LogP contribution is -2.35. The van der Waals surface area contributed by atoms with Crippen LogP contribution in [0.2, 0.25) is 0 Å². The first kappa shape index (κ1) is 17.7. The van der Waals surface area contributed by atoms with Crippen LogP contribution < -0.4 is 4.74 Å². The number of aromatic nitrogens is 2. The van der Waals surface area contributed by atoms with Gasteiger partial charge < -0.3 is 19.2 Å². The highest BCUT2D eigenvalue weighted by Crippen LogP contribution is 2.30. The van der Waals surface area contributed by atoms with Crippen LogP contribution >= 0.6 is 0 Å². The number of amides is 1. The van der Waals surface area contributed by atoms with Crippen LogP contribution in [0.5, 0.6) is 5.75 Å². The molecule has 4 rings (SSSR count). The van der Waals surface area contributed by atoms with Gasteiger partial charge in [-0.25, -0.2) is 0 Å². The van der Waals surface area contributed by atoms with Gasteiger partial charge in [0.2, 0.25) is 5.91 Å². The van der Waals surface area contributed by atoms with Crippen LogP contribution in [-0.4, -0.2) is 34.0 Å². The lowest BCUT2D eigenvalue weighted by molar-refractivity contribution is -0.132. The number of nitrogens with zero attached hydrogens (tertiary/aromatic N) is 2. The van der Waals surface area contributed by atoms with E-state index in [-0.39, 0.29) is 5.91 Å². The Balaban J connectivity index is 1.43. The molecule has 5 nitrogen and oxygen atoms in total. The van der Waals surface area contributed by atoms with Gasteiger partial charge in [0.1, 0.15) is 5.75 Å². The molecule has 3 heterocycles. The fourth-order valence-corrected chi connectivity index (χ4v) is 4.13. The lowest BCUT2D eigenvalue weighted by atomic mass is 10.0. The van der Waals surface area contributed by atoms with Crippen LogP contribution in [0.15, 0.2) is 30.3 Å². The summed E-state index contributed by atoms with van der Waals surface area (Å²) in [7, 11) is 1.68. The molecule has 5 heteroatoms. The molecule has 1 N–H and O–H groups in total. The van der Waals surface area contributed by atoms with Gasteiger partial charge in [0.25, 0.3) is 0 Å². The summed E-state index contributed by atoms with van der Waals surface area (Å²) in [5.41, 5.74) is 6.13. The SMILES string of the molecule is COc1ccc2[nH]c3c(c2c1)CN(C(=O)CCCn1c(C)ccc1C)CC3. The smallest absolute Gasteiger partial charge is 0.222 e. The third kappa shape index (κ3) is 3.34. The summed E-state index contributed by atoms with van der Waals surface area (Å²) in [5.74, 6) is 1.10. The number of methoxy groups -OCH3 is 1. The average molecular weight is 365 g/mol. The van der Waals surface area contributed by atoms with Crippen LogP contribution in [-0.2, 0) is 24.3 Å². The van der Waals surface area contributed by atoms with E-state index in [0.717, 1.165) is 37.2 Å². The number of hydrogen-bond donors (Lipinski definition) is 1. The fourth-order valence-electron chi connectivity index (χ4n) is 4.13. The van der Waals surface area contributed by atoms with Crippen molar-refractivity contribution in [1.29, 1.82) is 0 Å². The molecule has 0 fully saturated rings. The molecule has 1 aliphatic heterocycles. The van der Waals surface area contributed by atoms with Crippen LogP contribution in [0, 0.1) is 13.8 Å². The number of benzene rings is 1. The number of rotatable bonds is 5. The largest absolute Gasteiger partial charge is 0.497 e. The van der Waals surface area contributed by atoms with E-state index in [1.165, 1.54) is 28.0 Å². The number of aromatic amines is 1. The summed E-state index contributed by atoms with van der Waals surface area (Å²) < 4.78 is 7.65. The second kappa shape index (κ2) is 7.14. The molecule has 0 saturated carbocycles. The third-order valence-corrected chi connectivity index (χ3v) is 5.72. The Kier molecular flexibility index (Phi) is 4.68. The fraction of sp³-hybridized carbons (Fsp3) is 0.409. The molecule has 142 valence electrons. The zero-order valence-electron chi connectivity index (χ0n) is 16.3. The van der Waals surface area contributed by atoms with Gasteiger partial charge >= 0.3 is 0 Å². The zero-order valence-corrected chi connectivity index (χ0v) is 16.3. The number of hydrogen-bond acceptors (Lipinski definition) is 2. The van der Waals surface area contributed by atoms with Crippen molar-refractivity contribution in [1.82, 2.24) is 14.5 Å². The van der Waals surface area contributed by atoms with Crippen LogP contribution in [0.1, 0.15) is 35.5 Å². The molecule has 2 aromatic heterocycles. The maximum atomic E-state index is 12.8. The van der Waals surface area contributed by atoms with Gasteiger partial charge in [-0.15, -0.1) is 0 Å². The van der Waals surface area contributed by atoms with Crippen molar-refractivity contribution >= 4 is 16.8 Å². The van der Waals surface area contributed by atoms with Crippen molar-refractivity contribution in [3.05, 3.63) is 53.0 Å². The molecule has 0 spiro atoms. The number of nitrogens with one attached hydrogen (secondary N) is 1. The van der Waals surface area contributed by atoms with E-state index in [1.54, 1.807) is 7.11 Å². The molecular weight excluding hydrogens is 338 g/mol. The number of aryl methyl sites for hydroxylation is 2. The van der Waals surface area contributed by atoms with E-state index in [4.69, 9.17) is 4.74 Å². The predicted molar refractivity (Wildman–Crippen MR) is 107 cm³/mol. The van der Waals surface area contributed by atoms with Crippen molar-refractivity contribution in [3.8, 4) is 5.75 Å². The maximum Gasteiger partial charge on any atom is 0.222 e. The molecule has 3 aromatic rings. The van der Waals surface area contributed by atoms with E-state index in [9.17, 15) is 4.79 Å². The Morgan fingerprint density at radius 2 is 1.96 bits per heavy atom. The predicted octanol–water partition coefficient (Wildman–Crippen LogP) is 3.96. The number of H-pyrrole nitrogens is 1. The monoisotopic (exact) mass is 365 g/mol. The van der Waals surface area contributed by atoms with Crippen LogP contribution in [0.3, 0.4) is 0 Å². The second-order valence-corrected chi connectivity index (χ2v) is 7.43. The lowest BCUT2D eigenvalue weighted by Gasteiger charge is -2.27. The first-order valence-electron chi connectivity index (χ1n) is 9.65. The first-order chi connectivity index (χ1) is 13.1. The number of ether oxygens (including phenoxy) is 1. The first-order valence-corrected chi connectivity index (χ1v) is 9.65. The Labute approximate surface area is 159 Å². The summed E-state index contributed by atoms with van der Waals surface area (Å²) in [5, 5.41) is 1.17. The van der Waals surface area contributed by atoms with Crippen LogP contribution in [0.25, 0.3) is 10.9 Å². The molecule has 1 aliphatic rings. The summed E-state index contributed by atoms with van der Waals surface area (Å²) in [6, 6.07) is 10.4. The topological polar surface area (TPSA) is 50.3 Å². The van der Waals surface area contributed by atoms with Crippen molar-refractivity contribution in [2.24, 2.45) is 0 Å². The summed E-state index contributed by atoms with van der Waals surface area (Å²) >= 11 is 0. The summed E-state index contributed by atoms with van der Waals surface area (Å²) in [6.07, 6.45) is 2.35. The molecular formula is C22H27N3O2. The molecule has 1 amide bonds. The highest BCUT2D eigenvalue weighted by atomic mass is 16.5. The average Bonchev–Trinajstić information content (AvgIpc) is 3.20. The minimum Gasteiger partial charge on any atom is -0.497 e. The van der Waals surface area contributed by atoms with E-state index in [0.29, 0.717) is 13.0 Å². The third-order valence-electron chi connectivity index (χ3n) is 5.72. The Morgan fingerprint density at radius 3 is 2.70 bits per heavy atom. The van der Waals surface area contributed by atoms with Gasteiger partial charge in [-0.05, 0) is 50.6 Å². The molecule has 0 unspecified atom stereocenters. The van der Waals surface area contributed by atoms with Crippen molar-refractivity contribution in [3.63, 3.8) is 0 Å². The molecule has 0 radical (unpaired) electrons. The van der Waals surface area contributed by atoms with Gasteiger partial charge in [0.15, 0.2) is 0 Å². The molecule has 1 aromatic carbocycles. The van der Waals surface area contributed by atoms with Gasteiger partial charge in [0.05, 0.1) is 7.11 Å². The highest BCUT2D eigenvalue weighted by molar-refractivity contribution is 5.87. The van der Waals surface area contributed by atoms with Gasteiger partial charge in [-0.2, -0.15) is 0 Å². The molecule has 0 atom stereocenters. The van der Waals surface area contributed by atoms with Crippen molar-refractivity contribution in [2.75, 3.05) is 13.7 Å². The highest BCUT2D eigenvalue weighted by Gasteiger charge is 2.24. The normalized spacial score (nSPS) is 13.8. The molecule has 0 bridgehead atoms. The quantitative estimate of drug-likeness (QED) is 0.744. The molecule has 27 heavy (non-hydrogen) atoms. The Morgan fingerprint density at radius 1 is 1.19 bits per heavy atom. The van der Waals surface area contributed by atoms with E-state index in [1.807, 2.05) is 11.0 Å². The van der Waals surface area contributed by atoms with Gasteiger partial charge in [0, 0.05) is 66.0 Å². The van der Waals surface area contributed by atoms with Gasteiger partial charge in [-0.1, -0.05) is 0 Å². The zero-order chi connectivity index (χ0) is 19.0. The van der Waals surface area contributed by atoms with E-state index in [2.05, 4.69) is 47.7 Å². The molecule has 0 saturated heterocycles. The standard InChI is InChI=1S/C22H27N3O2/c1-15-6-7-16(2)25(15)11-4-5-22(26)24-12-10-21-19(14-24)18-13-17(27-3)8-9-20(18)23-21/h6-9,13,23H,4-5,10-12,14H2,1-3H3. The van der Waals surface area contributed by atoms with Gasteiger partial charge in [-0.3, -0.25) is 4.79 Å². The number of carbonyl (C=O) groups excluding carboxylic acids is 1. The Hall–Kier alpha value is -2.69. The molecule has 0 aliphatic carbocycles. The number of fused-ring (bicyclic) bond motifs is 3. The van der Waals surface area contributed by atoms with Crippen molar-refractivity contribution in [2.45, 2.75) is 46.2 Å². The summed E-state index contributed by atoms with van der Waals surface area (Å²) in [4.78, 5) is 18.3. The van der Waals surface area contributed by atoms with E-state index < -0.39 is 0 Å². The van der Waals surface area contributed by atoms with Crippen molar-refractivity contribution < 1.29 is 9.53 Å². The second-order valence-electron chi connectivity index (χ2n) is 7.43. The maximum absolute atomic E-state index is 12.8. The Bertz CT molecular complexity index is 964. The minimum atomic E-state index is 0.250. The van der Waals surface area contributed by atoms with Crippen LogP contribution in [0.4, 0.5) is 0 Å².